The highest BCUT2D eigenvalue weighted by Gasteiger charge is 2.28. The minimum atomic E-state index is -4.11. The minimum absolute atomic E-state index is 0.00290. The van der Waals surface area contributed by atoms with E-state index in [1.54, 1.807) is 6.92 Å². The largest absolute Gasteiger partial charge is 0.481 e. The van der Waals surface area contributed by atoms with Gasteiger partial charge in [0.15, 0.2) is 0 Å². The fourth-order valence-corrected chi connectivity index (χ4v) is 5.89. The quantitative estimate of drug-likeness (QED) is 0.237. The lowest BCUT2D eigenvalue weighted by Gasteiger charge is -2.16. The lowest BCUT2D eigenvalue weighted by atomic mass is 10.0. The second-order valence-corrected chi connectivity index (χ2v) is 11.7. The molecule has 0 fully saturated rings. The Kier molecular flexibility index (Phi) is 8.98. The zero-order chi connectivity index (χ0) is 28.9. The van der Waals surface area contributed by atoms with Crippen molar-refractivity contribution in [1.82, 2.24) is 9.29 Å². The van der Waals surface area contributed by atoms with Crippen molar-refractivity contribution in [2.24, 2.45) is 0 Å². The van der Waals surface area contributed by atoms with Gasteiger partial charge < -0.3 is 14.4 Å². The Morgan fingerprint density at radius 2 is 1.70 bits per heavy atom. The molecule has 0 aliphatic rings. The first-order valence-corrected chi connectivity index (χ1v) is 14.6. The summed E-state index contributed by atoms with van der Waals surface area (Å²) in [5, 5.41) is 10.9. The second kappa shape index (κ2) is 12.4. The van der Waals surface area contributed by atoms with Crippen LogP contribution < -0.4 is 9.46 Å². The third-order valence-corrected chi connectivity index (χ3v) is 8.46. The number of ether oxygens (including phenoxy) is 1. The zero-order valence-corrected chi connectivity index (χ0v) is 24.0. The van der Waals surface area contributed by atoms with Crippen LogP contribution in [-0.2, 0) is 27.8 Å². The van der Waals surface area contributed by atoms with Gasteiger partial charge in [-0.25, -0.2) is 8.42 Å². The van der Waals surface area contributed by atoms with Gasteiger partial charge in [0.25, 0.3) is 0 Å². The van der Waals surface area contributed by atoms with E-state index in [0.29, 0.717) is 18.2 Å². The molecular weight excluding hydrogens is 524 g/mol. The number of aromatic nitrogens is 1. The van der Waals surface area contributed by atoms with E-state index >= 15 is 0 Å². The van der Waals surface area contributed by atoms with Crippen molar-refractivity contribution >= 4 is 26.9 Å². The maximum Gasteiger partial charge on any atom is 0.322 e. The molecule has 2 N–H and O–H groups in total. The molecule has 3 aromatic carbocycles. The summed E-state index contributed by atoms with van der Waals surface area (Å²) in [6, 6.07) is 20.8. The van der Waals surface area contributed by atoms with Crippen molar-refractivity contribution in [3.05, 3.63) is 95.2 Å². The SMILES string of the molecule is CC#CCOc1ccc(S(=O)(=O)N[C@@H](Cc2c(C)n(Cc3ccc(C(C)C)cc3)c3ccccc23)C(=O)O)cc1. The van der Waals surface area contributed by atoms with Crippen LogP contribution in [0.25, 0.3) is 10.9 Å². The Balaban J connectivity index is 1.60. The third kappa shape index (κ3) is 6.56. The van der Waals surface area contributed by atoms with Gasteiger partial charge in [-0.3, -0.25) is 4.79 Å². The molecule has 208 valence electrons. The second-order valence-electron chi connectivity index (χ2n) is 9.97. The van der Waals surface area contributed by atoms with Crippen molar-refractivity contribution in [3.63, 3.8) is 0 Å². The van der Waals surface area contributed by atoms with E-state index in [1.807, 2.05) is 31.2 Å². The summed E-state index contributed by atoms with van der Waals surface area (Å²) in [7, 11) is -4.11. The van der Waals surface area contributed by atoms with Gasteiger partial charge in [-0.2, -0.15) is 4.72 Å². The van der Waals surface area contributed by atoms with Gasteiger partial charge in [0.1, 0.15) is 18.4 Å². The Labute approximate surface area is 235 Å². The van der Waals surface area contributed by atoms with Crippen LogP contribution in [0, 0.1) is 18.8 Å². The van der Waals surface area contributed by atoms with Crippen LogP contribution in [-0.4, -0.2) is 36.7 Å². The van der Waals surface area contributed by atoms with Crippen LogP contribution in [0.3, 0.4) is 0 Å². The average Bonchev–Trinajstić information content (AvgIpc) is 3.19. The van der Waals surface area contributed by atoms with E-state index in [-0.39, 0.29) is 17.9 Å². The summed E-state index contributed by atoms with van der Waals surface area (Å²) in [5.41, 5.74) is 5.06. The zero-order valence-electron chi connectivity index (χ0n) is 23.1. The maximum atomic E-state index is 13.1. The number of aliphatic carboxylic acids is 1. The molecule has 1 heterocycles. The Bertz CT molecular complexity index is 1660. The van der Waals surface area contributed by atoms with E-state index in [0.717, 1.165) is 27.7 Å². The molecule has 0 aliphatic carbocycles. The standard InChI is InChI=1S/C32H34N2O5S/c1-5-6-19-39-26-15-17-27(18-16-26)40(37,38)33-30(32(35)36)20-29-23(4)34(31-10-8-7-9-28(29)31)21-24-11-13-25(14-12-24)22(2)3/h7-18,22,30,33H,19-21H2,1-4H3,(H,35,36)/t30-/m0/s1. The molecule has 0 unspecified atom stereocenters. The van der Waals surface area contributed by atoms with E-state index in [4.69, 9.17) is 4.74 Å². The number of benzene rings is 3. The number of carboxylic acid groups (broad SMARTS) is 1. The van der Waals surface area contributed by atoms with Crippen molar-refractivity contribution in [2.75, 3.05) is 6.61 Å². The van der Waals surface area contributed by atoms with Crippen LogP contribution in [0.1, 0.15) is 49.1 Å². The van der Waals surface area contributed by atoms with Crippen molar-refractivity contribution in [2.45, 2.75) is 57.5 Å². The number of hydrogen-bond acceptors (Lipinski definition) is 4. The van der Waals surface area contributed by atoms with Gasteiger partial charge in [0.05, 0.1) is 4.90 Å². The number of hydrogen-bond donors (Lipinski definition) is 2. The summed E-state index contributed by atoms with van der Waals surface area (Å²) in [4.78, 5) is 12.2. The molecule has 0 radical (unpaired) electrons. The number of nitrogens with one attached hydrogen (secondary N) is 1. The monoisotopic (exact) mass is 558 g/mol. The number of para-hydroxylation sites is 1. The van der Waals surface area contributed by atoms with E-state index in [9.17, 15) is 18.3 Å². The first kappa shape index (κ1) is 28.9. The van der Waals surface area contributed by atoms with Gasteiger partial charge in [0.2, 0.25) is 10.0 Å². The Hall–Kier alpha value is -4.06. The number of nitrogens with zero attached hydrogens (tertiary/aromatic N) is 1. The highest BCUT2D eigenvalue weighted by atomic mass is 32.2. The summed E-state index contributed by atoms with van der Waals surface area (Å²) in [5.74, 6) is 5.16. The molecule has 0 aliphatic heterocycles. The van der Waals surface area contributed by atoms with Crippen LogP contribution in [0.4, 0.5) is 0 Å². The van der Waals surface area contributed by atoms with Crippen LogP contribution in [0.5, 0.6) is 5.75 Å². The van der Waals surface area contributed by atoms with Crippen molar-refractivity contribution in [3.8, 4) is 17.6 Å². The van der Waals surface area contributed by atoms with E-state index < -0.39 is 22.0 Å². The smallest absolute Gasteiger partial charge is 0.322 e. The van der Waals surface area contributed by atoms with Gasteiger partial charge in [-0.05, 0) is 66.8 Å². The first-order valence-electron chi connectivity index (χ1n) is 13.1. The topological polar surface area (TPSA) is 97.6 Å². The van der Waals surface area contributed by atoms with Gasteiger partial charge in [0, 0.05) is 29.6 Å². The minimum Gasteiger partial charge on any atom is -0.481 e. The first-order chi connectivity index (χ1) is 19.1. The van der Waals surface area contributed by atoms with Crippen LogP contribution >= 0.6 is 0 Å². The summed E-state index contributed by atoms with van der Waals surface area (Å²) in [6.45, 7) is 8.78. The number of carboxylic acids is 1. The van der Waals surface area contributed by atoms with Crippen molar-refractivity contribution < 1.29 is 23.1 Å². The lowest BCUT2D eigenvalue weighted by molar-refractivity contribution is -0.138. The fourth-order valence-electron chi connectivity index (χ4n) is 4.70. The third-order valence-electron chi connectivity index (χ3n) is 6.97. The Morgan fingerprint density at radius 1 is 1.02 bits per heavy atom. The van der Waals surface area contributed by atoms with Gasteiger partial charge in [-0.15, -0.1) is 5.92 Å². The predicted molar refractivity (Wildman–Crippen MR) is 157 cm³/mol. The highest BCUT2D eigenvalue weighted by molar-refractivity contribution is 7.89. The van der Waals surface area contributed by atoms with Crippen molar-refractivity contribution in [1.29, 1.82) is 0 Å². The molecule has 0 amide bonds. The normalized spacial score (nSPS) is 12.2. The molecule has 0 saturated heterocycles. The molecule has 8 heteroatoms. The molecule has 4 aromatic rings. The molecule has 40 heavy (non-hydrogen) atoms. The van der Waals surface area contributed by atoms with Gasteiger partial charge >= 0.3 is 5.97 Å². The molecule has 7 nitrogen and oxygen atoms in total. The summed E-state index contributed by atoms with van der Waals surface area (Å²) < 4.78 is 36.3. The summed E-state index contributed by atoms with van der Waals surface area (Å²) in [6.07, 6.45) is -0.00290. The van der Waals surface area contributed by atoms with Gasteiger partial charge in [-0.1, -0.05) is 62.2 Å². The predicted octanol–water partition coefficient (Wildman–Crippen LogP) is 5.50. The number of fused-ring (bicyclic) bond motifs is 1. The number of rotatable bonds is 11. The molecule has 0 spiro atoms. The molecule has 0 saturated carbocycles. The molecule has 0 bridgehead atoms. The van der Waals surface area contributed by atoms with E-state index in [1.165, 1.54) is 29.8 Å². The fraction of sp³-hybridized carbons (Fsp3) is 0.281. The lowest BCUT2D eigenvalue weighted by Crippen LogP contribution is -2.42. The number of sulfonamides is 1. The molecule has 4 rings (SSSR count). The van der Waals surface area contributed by atoms with Crippen LogP contribution in [0.15, 0.2) is 77.7 Å². The Morgan fingerprint density at radius 3 is 2.33 bits per heavy atom. The summed E-state index contributed by atoms with van der Waals surface area (Å²) >= 11 is 0. The highest BCUT2D eigenvalue weighted by Crippen LogP contribution is 2.29. The van der Waals surface area contributed by atoms with E-state index in [2.05, 4.69) is 59.2 Å². The molecular formula is C32H34N2O5S. The molecule has 1 aromatic heterocycles. The number of carbonyl (C=O) groups is 1. The maximum absolute atomic E-state index is 13.1. The average molecular weight is 559 g/mol. The molecule has 1 atom stereocenters. The van der Waals surface area contributed by atoms with Crippen LogP contribution in [0.2, 0.25) is 0 Å².